The van der Waals surface area contributed by atoms with Crippen LogP contribution in [0.25, 0.3) is 0 Å². The molecule has 2 aliphatic carbocycles. The smallest absolute Gasteiger partial charge is 0.391 e. The molecule has 0 amide bonds. The van der Waals surface area contributed by atoms with Gasteiger partial charge in [-0.1, -0.05) is 6.42 Å². The molecular formula is C15H26F3N3O. The van der Waals surface area contributed by atoms with Gasteiger partial charge in [0.2, 0.25) is 0 Å². The van der Waals surface area contributed by atoms with E-state index in [1.54, 1.807) is 7.05 Å². The van der Waals surface area contributed by atoms with Crippen LogP contribution >= 0.6 is 0 Å². The molecule has 0 aromatic heterocycles. The topological polar surface area (TPSA) is 56.7 Å². The van der Waals surface area contributed by atoms with Crippen LogP contribution < -0.4 is 10.6 Å². The summed E-state index contributed by atoms with van der Waals surface area (Å²) in [5.41, 5.74) is 0. The van der Waals surface area contributed by atoms with Gasteiger partial charge in [0.15, 0.2) is 5.96 Å². The van der Waals surface area contributed by atoms with E-state index in [2.05, 4.69) is 15.6 Å². The molecule has 0 aromatic rings. The normalized spacial score (nSPS) is 33.8. The SMILES string of the molecule is CN=C(NCC1CCCC1O)NC1CCC(C(F)(F)F)CC1. The average molecular weight is 321 g/mol. The van der Waals surface area contributed by atoms with E-state index < -0.39 is 12.1 Å². The number of aliphatic hydroxyl groups is 1. The van der Waals surface area contributed by atoms with Crippen LogP contribution in [-0.2, 0) is 0 Å². The summed E-state index contributed by atoms with van der Waals surface area (Å²) in [6, 6.07) is 0.0401. The number of rotatable bonds is 3. The summed E-state index contributed by atoms with van der Waals surface area (Å²) in [5, 5.41) is 16.2. The summed E-state index contributed by atoms with van der Waals surface area (Å²) in [6.07, 6.45) is -0.0492. The number of guanidine groups is 1. The molecule has 0 radical (unpaired) electrons. The lowest BCUT2D eigenvalue weighted by Crippen LogP contribution is -2.47. The largest absolute Gasteiger partial charge is 0.393 e. The van der Waals surface area contributed by atoms with Crippen LogP contribution in [0.3, 0.4) is 0 Å². The van der Waals surface area contributed by atoms with Crippen molar-refractivity contribution in [1.29, 1.82) is 0 Å². The van der Waals surface area contributed by atoms with Crippen molar-refractivity contribution in [2.75, 3.05) is 13.6 Å². The Morgan fingerprint density at radius 1 is 1.14 bits per heavy atom. The minimum atomic E-state index is -4.07. The number of aliphatic hydroxyl groups excluding tert-OH is 1. The van der Waals surface area contributed by atoms with Gasteiger partial charge < -0.3 is 15.7 Å². The molecule has 128 valence electrons. The molecule has 0 heterocycles. The Balaban J connectivity index is 1.72. The Morgan fingerprint density at radius 2 is 1.82 bits per heavy atom. The standard InChI is InChI=1S/C15H26F3N3O/c1-19-14(20-9-10-3-2-4-13(10)22)21-12-7-5-11(6-8-12)15(16,17)18/h10-13,22H,2-9H2,1H3,(H2,19,20,21). The first-order valence-electron chi connectivity index (χ1n) is 8.12. The van der Waals surface area contributed by atoms with Gasteiger partial charge in [-0.15, -0.1) is 0 Å². The highest BCUT2D eigenvalue weighted by atomic mass is 19.4. The molecule has 2 saturated carbocycles. The van der Waals surface area contributed by atoms with Gasteiger partial charge in [0.25, 0.3) is 0 Å². The Bertz CT molecular complexity index is 379. The monoisotopic (exact) mass is 321 g/mol. The predicted molar refractivity (Wildman–Crippen MR) is 79.6 cm³/mol. The molecule has 22 heavy (non-hydrogen) atoms. The van der Waals surface area contributed by atoms with Crippen molar-refractivity contribution in [2.24, 2.45) is 16.8 Å². The maximum absolute atomic E-state index is 12.6. The van der Waals surface area contributed by atoms with Crippen molar-refractivity contribution in [2.45, 2.75) is 63.3 Å². The van der Waals surface area contributed by atoms with Crippen LogP contribution in [0, 0.1) is 11.8 Å². The minimum Gasteiger partial charge on any atom is -0.393 e. The first-order valence-corrected chi connectivity index (χ1v) is 8.12. The van der Waals surface area contributed by atoms with E-state index in [4.69, 9.17) is 0 Å². The van der Waals surface area contributed by atoms with E-state index in [0.717, 1.165) is 19.3 Å². The second-order valence-corrected chi connectivity index (χ2v) is 6.45. The molecule has 7 heteroatoms. The van der Waals surface area contributed by atoms with Gasteiger partial charge in [0.05, 0.1) is 12.0 Å². The fraction of sp³-hybridized carbons (Fsp3) is 0.933. The molecule has 0 aliphatic heterocycles. The Kier molecular flexibility index (Phi) is 5.94. The molecule has 3 N–H and O–H groups in total. The Labute approximate surface area is 129 Å². The third-order valence-corrected chi connectivity index (χ3v) is 4.91. The third-order valence-electron chi connectivity index (χ3n) is 4.91. The van der Waals surface area contributed by atoms with E-state index in [1.165, 1.54) is 0 Å². The Hall–Kier alpha value is -0.980. The highest BCUT2D eigenvalue weighted by molar-refractivity contribution is 5.79. The summed E-state index contributed by atoms with van der Waals surface area (Å²) in [5.74, 6) is -0.303. The zero-order valence-corrected chi connectivity index (χ0v) is 13.0. The van der Waals surface area contributed by atoms with Gasteiger partial charge in [-0.05, 0) is 38.5 Å². The number of halogens is 3. The molecule has 2 unspecified atom stereocenters. The van der Waals surface area contributed by atoms with Gasteiger partial charge in [-0.3, -0.25) is 4.99 Å². The first kappa shape index (κ1) is 17.4. The zero-order chi connectivity index (χ0) is 16.2. The molecule has 2 atom stereocenters. The maximum Gasteiger partial charge on any atom is 0.391 e. The molecular weight excluding hydrogens is 295 g/mol. The minimum absolute atomic E-state index is 0.0401. The van der Waals surface area contributed by atoms with Gasteiger partial charge in [0.1, 0.15) is 0 Å². The molecule has 0 bridgehead atoms. The third kappa shape index (κ3) is 4.76. The molecule has 0 aromatic carbocycles. The summed E-state index contributed by atoms with van der Waals surface area (Å²) >= 11 is 0. The lowest BCUT2D eigenvalue weighted by molar-refractivity contribution is -0.182. The van der Waals surface area contributed by atoms with Crippen LogP contribution in [0.5, 0.6) is 0 Å². The van der Waals surface area contributed by atoms with Crippen LogP contribution in [0.1, 0.15) is 44.9 Å². The van der Waals surface area contributed by atoms with Crippen molar-refractivity contribution >= 4 is 5.96 Å². The number of hydrogen-bond acceptors (Lipinski definition) is 2. The molecule has 2 aliphatic rings. The number of nitrogens with zero attached hydrogens (tertiary/aromatic N) is 1. The number of alkyl halides is 3. The maximum atomic E-state index is 12.6. The van der Waals surface area contributed by atoms with Crippen LogP contribution in [-0.4, -0.2) is 43.0 Å². The van der Waals surface area contributed by atoms with Crippen molar-refractivity contribution < 1.29 is 18.3 Å². The molecule has 2 fully saturated rings. The van der Waals surface area contributed by atoms with E-state index in [9.17, 15) is 18.3 Å². The average Bonchev–Trinajstić information content (AvgIpc) is 2.88. The van der Waals surface area contributed by atoms with E-state index in [-0.39, 0.29) is 30.9 Å². The Morgan fingerprint density at radius 3 is 2.32 bits per heavy atom. The first-order chi connectivity index (χ1) is 10.4. The summed E-state index contributed by atoms with van der Waals surface area (Å²) in [4.78, 5) is 4.13. The molecule has 0 saturated heterocycles. The van der Waals surface area contributed by atoms with Crippen LogP contribution in [0.2, 0.25) is 0 Å². The quantitative estimate of drug-likeness (QED) is 0.553. The highest BCUT2D eigenvalue weighted by Gasteiger charge is 2.41. The molecule has 0 spiro atoms. The van der Waals surface area contributed by atoms with E-state index in [1.807, 2.05) is 0 Å². The highest BCUT2D eigenvalue weighted by Crippen LogP contribution is 2.37. The van der Waals surface area contributed by atoms with E-state index in [0.29, 0.717) is 25.3 Å². The van der Waals surface area contributed by atoms with Crippen LogP contribution in [0.4, 0.5) is 13.2 Å². The van der Waals surface area contributed by atoms with Crippen molar-refractivity contribution in [3.05, 3.63) is 0 Å². The van der Waals surface area contributed by atoms with Gasteiger partial charge in [0, 0.05) is 25.6 Å². The van der Waals surface area contributed by atoms with E-state index >= 15 is 0 Å². The summed E-state index contributed by atoms with van der Waals surface area (Å²) < 4.78 is 37.9. The number of nitrogens with one attached hydrogen (secondary N) is 2. The lowest BCUT2D eigenvalue weighted by Gasteiger charge is -2.31. The number of aliphatic imine (C=N–C) groups is 1. The van der Waals surface area contributed by atoms with Crippen molar-refractivity contribution in [3.8, 4) is 0 Å². The fourth-order valence-electron chi connectivity index (χ4n) is 3.44. The second-order valence-electron chi connectivity index (χ2n) is 6.45. The lowest BCUT2D eigenvalue weighted by atomic mass is 9.85. The van der Waals surface area contributed by atoms with Gasteiger partial charge in [-0.2, -0.15) is 13.2 Å². The van der Waals surface area contributed by atoms with Crippen molar-refractivity contribution in [1.82, 2.24) is 10.6 Å². The number of hydrogen-bond donors (Lipinski definition) is 3. The summed E-state index contributed by atoms with van der Waals surface area (Å²) in [6.45, 7) is 0.652. The molecule has 2 rings (SSSR count). The zero-order valence-electron chi connectivity index (χ0n) is 13.0. The van der Waals surface area contributed by atoms with Crippen molar-refractivity contribution in [3.63, 3.8) is 0 Å². The summed E-state index contributed by atoms with van der Waals surface area (Å²) in [7, 11) is 1.65. The van der Waals surface area contributed by atoms with Gasteiger partial charge in [-0.25, -0.2) is 0 Å². The predicted octanol–water partition coefficient (Wildman–Crippen LogP) is 2.43. The second kappa shape index (κ2) is 7.53. The van der Waals surface area contributed by atoms with Crippen LogP contribution in [0.15, 0.2) is 4.99 Å². The fourth-order valence-corrected chi connectivity index (χ4v) is 3.44. The van der Waals surface area contributed by atoms with Gasteiger partial charge >= 0.3 is 6.18 Å². The molecule has 4 nitrogen and oxygen atoms in total.